The lowest BCUT2D eigenvalue weighted by atomic mass is 10.2. The largest absolute Gasteiger partial charge is 0.434 e. The highest BCUT2D eigenvalue weighted by atomic mass is 35.5. The van der Waals surface area contributed by atoms with E-state index in [-0.39, 0.29) is 11.7 Å². The number of rotatable bonds is 5. The fraction of sp³-hybridized carbons (Fsp3) is 0.0588. The number of hydrogen-bond acceptors (Lipinski definition) is 6. The van der Waals surface area contributed by atoms with Crippen molar-refractivity contribution in [2.24, 2.45) is 0 Å². The van der Waals surface area contributed by atoms with Gasteiger partial charge in [0.25, 0.3) is 0 Å². The van der Waals surface area contributed by atoms with Crippen molar-refractivity contribution >= 4 is 40.4 Å². The molecule has 7 nitrogen and oxygen atoms in total. The molecule has 0 saturated carbocycles. The molecule has 0 aliphatic carbocycles. The Balaban J connectivity index is 1.98. The third kappa shape index (κ3) is 4.01. The van der Waals surface area contributed by atoms with Gasteiger partial charge in [-0.25, -0.2) is 4.98 Å². The lowest BCUT2D eigenvalue weighted by molar-refractivity contribution is -0.385. The van der Waals surface area contributed by atoms with Crippen molar-refractivity contribution in [1.29, 1.82) is 0 Å². The monoisotopic (exact) mass is 390 g/mol. The van der Waals surface area contributed by atoms with Crippen LogP contribution in [0, 0.1) is 17.0 Å². The van der Waals surface area contributed by atoms with Gasteiger partial charge in [-0.05, 0) is 37.3 Å². The molecule has 1 N–H and O–H groups in total. The number of aromatic nitrogens is 2. The van der Waals surface area contributed by atoms with E-state index in [0.29, 0.717) is 21.5 Å². The average molecular weight is 391 g/mol. The second-order valence-electron chi connectivity index (χ2n) is 5.30. The number of halogens is 2. The van der Waals surface area contributed by atoms with Gasteiger partial charge >= 0.3 is 11.6 Å². The van der Waals surface area contributed by atoms with Crippen LogP contribution < -0.4 is 10.1 Å². The van der Waals surface area contributed by atoms with Crippen LogP contribution in [0.15, 0.2) is 48.8 Å². The molecule has 0 bridgehead atoms. The molecule has 0 saturated heterocycles. The molecule has 0 amide bonds. The van der Waals surface area contributed by atoms with E-state index < -0.39 is 10.6 Å². The third-order valence-electron chi connectivity index (χ3n) is 3.39. The van der Waals surface area contributed by atoms with Crippen molar-refractivity contribution in [3.05, 3.63) is 74.5 Å². The third-order valence-corrected chi connectivity index (χ3v) is 3.94. The van der Waals surface area contributed by atoms with Gasteiger partial charge < -0.3 is 10.1 Å². The Morgan fingerprint density at radius 3 is 2.50 bits per heavy atom. The molecule has 26 heavy (non-hydrogen) atoms. The van der Waals surface area contributed by atoms with Crippen LogP contribution in [0.25, 0.3) is 0 Å². The van der Waals surface area contributed by atoms with Crippen molar-refractivity contribution in [3.8, 4) is 11.6 Å². The quantitative estimate of drug-likeness (QED) is 0.454. The van der Waals surface area contributed by atoms with Crippen LogP contribution in [-0.2, 0) is 0 Å². The minimum atomic E-state index is -0.615. The number of nitrogens with one attached hydrogen (secondary N) is 1. The van der Waals surface area contributed by atoms with E-state index in [2.05, 4.69) is 15.3 Å². The van der Waals surface area contributed by atoms with Crippen LogP contribution in [-0.4, -0.2) is 14.9 Å². The van der Waals surface area contributed by atoms with Crippen molar-refractivity contribution in [3.63, 3.8) is 0 Å². The average Bonchev–Trinajstić information content (AvgIpc) is 2.59. The van der Waals surface area contributed by atoms with Gasteiger partial charge in [0.1, 0.15) is 12.1 Å². The summed E-state index contributed by atoms with van der Waals surface area (Å²) in [4.78, 5) is 18.8. The van der Waals surface area contributed by atoms with E-state index in [0.717, 1.165) is 5.56 Å². The number of hydrogen-bond donors (Lipinski definition) is 1. The molecule has 2 aromatic carbocycles. The number of anilines is 2. The molecule has 3 rings (SSSR count). The lowest BCUT2D eigenvalue weighted by Crippen LogP contribution is -2.03. The second kappa shape index (κ2) is 7.55. The topological polar surface area (TPSA) is 90.2 Å². The summed E-state index contributed by atoms with van der Waals surface area (Å²) < 4.78 is 5.57. The Kier molecular flexibility index (Phi) is 5.20. The molecule has 0 atom stereocenters. The molecule has 0 fully saturated rings. The zero-order chi connectivity index (χ0) is 18.7. The number of nitrogens with zero attached hydrogens (tertiary/aromatic N) is 3. The predicted octanol–water partition coefficient (Wildman–Crippen LogP) is 5.54. The number of ether oxygens (including phenoxy) is 1. The molecular weight excluding hydrogens is 379 g/mol. The van der Waals surface area contributed by atoms with Gasteiger partial charge in [0.15, 0.2) is 0 Å². The first-order chi connectivity index (χ1) is 12.4. The van der Waals surface area contributed by atoms with E-state index >= 15 is 0 Å². The summed E-state index contributed by atoms with van der Waals surface area (Å²) in [5, 5.41) is 15.1. The van der Waals surface area contributed by atoms with Gasteiger partial charge in [-0.3, -0.25) is 10.1 Å². The number of aryl methyl sites for hydroxylation is 1. The second-order valence-corrected chi connectivity index (χ2v) is 6.14. The van der Waals surface area contributed by atoms with Crippen LogP contribution >= 0.6 is 23.2 Å². The minimum absolute atomic E-state index is 0.0451. The minimum Gasteiger partial charge on any atom is -0.434 e. The van der Waals surface area contributed by atoms with E-state index in [1.807, 2.05) is 19.1 Å². The molecule has 9 heteroatoms. The van der Waals surface area contributed by atoms with Crippen molar-refractivity contribution < 1.29 is 9.66 Å². The van der Waals surface area contributed by atoms with Crippen LogP contribution in [0.1, 0.15) is 5.56 Å². The van der Waals surface area contributed by atoms with E-state index in [1.54, 1.807) is 24.3 Å². The summed E-state index contributed by atoms with van der Waals surface area (Å²) in [6, 6.07) is 11.8. The summed E-state index contributed by atoms with van der Waals surface area (Å²) in [7, 11) is 0. The molecule has 0 aliphatic rings. The van der Waals surface area contributed by atoms with Crippen LogP contribution in [0.3, 0.4) is 0 Å². The zero-order valence-electron chi connectivity index (χ0n) is 13.4. The molecule has 0 unspecified atom stereocenters. The highest BCUT2D eigenvalue weighted by molar-refractivity contribution is 6.36. The van der Waals surface area contributed by atoms with Crippen molar-refractivity contribution in [2.45, 2.75) is 6.92 Å². The molecule has 0 radical (unpaired) electrons. The Labute approximate surface area is 158 Å². The number of nitro groups is 1. The maximum absolute atomic E-state index is 11.6. The van der Waals surface area contributed by atoms with E-state index in [1.165, 1.54) is 12.4 Å². The maximum Gasteiger partial charge on any atom is 0.373 e. The molecule has 132 valence electrons. The zero-order valence-corrected chi connectivity index (χ0v) is 15.0. The Morgan fingerprint density at radius 2 is 1.85 bits per heavy atom. The predicted molar refractivity (Wildman–Crippen MR) is 99.7 cm³/mol. The molecule has 3 aromatic rings. The molecule has 0 aliphatic heterocycles. The number of benzene rings is 2. The maximum atomic E-state index is 11.6. The van der Waals surface area contributed by atoms with E-state index in [9.17, 15) is 10.1 Å². The van der Waals surface area contributed by atoms with Gasteiger partial charge in [0.2, 0.25) is 5.82 Å². The summed E-state index contributed by atoms with van der Waals surface area (Å²) in [6.07, 6.45) is 1.17. The summed E-state index contributed by atoms with van der Waals surface area (Å²) in [5.74, 6) is 0.200. The van der Waals surface area contributed by atoms with Gasteiger partial charge in [0, 0.05) is 5.02 Å². The van der Waals surface area contributed by atoms with Gasteiger partial charge in [-0.15, -0.1) is 0 Å². The summed E-state index contributed by atoms with van der Waals surface area (Å²) >= 11 is 12.0. The Bertz CT molecular complexity index is 965. The Hall–Kier alpha value is -2.90. The van der Waals surface area contributed by atoms with Crippen LogP contribution in [0.4, 0.5) is 17.2 Å². The normalized spacial score (nSPS) is 10.4. The standard InChI is InChI=1S/C17H12Cl2N4O3/c1-10-2-5-12(6-3-10)26-17-15(23(24)25)16(20-9-21-17)22-14-7-4-11(18)8-13(14)19/h2-9H,1H3,(H,20,21,22). The van der Waals surface area contributed by atoms with Crippen molar-refractivity contribution in [1.82, 2.24) is 9.97 Å². The first-order valence-corrected chi connectivity index (χ1v) is 8.15. The molecule has 0 spiro atoms. The first kappa shape index (κ1) is 17.9. The summed E-state index contributed by atoms with van der Waals surface area (Å²) in [5.41, 5.74) is 1.05. The SMILES string of the molecule is Cc1ccc(Oc2ncnc(Nc3ccc(Cl)cc3Cl)c2[N+](=O)[O-])cc1. The first-order valence-electron chi connectivity index (χ1n) is 7.40. The molecule has 1 heterocycles. The van der Waals surface area contributed by atoms with Crippen LogP contribution in [0.5, 0.6) is 11.6 Å². The van der Waals surface area contributed by atoms with Crippen molar-refractivity contribution in [2.75, 3.05) is 5.32 Å². The smallest absolute Gasteiger partial charge is 0.373 e. The van der Waals surface area contributed by atoms with E-state index in [4.69, 9.17) is 27.9 Å². The molecular formula is C17H12Cl2N4O3. The highest BCUT2D eigenvalue weighted by Crippen LogP contribution is 2.37. The molecule has 1 aromatic heterocycles. The summed E-state index contributed by atoms with van der Waals surface area (Å²) in [6.45, 7) is 1.93. The van der Waals surface area contributed by atoms with Gasteiger partial charge in [-0.2, -0.15) is 4.98 Å². The van der Waals surface area contributed by atoms with Gasteiger partial charge in [0.05, 0.1) is 15.6 Å². The highest BCUT2D eigenvalue weighted by Gasteiger charge is 2.25. The van der Waals surface area contributed by atoms with Crippen LogP contribution in [0.2, 0.25) is 10.0 Å². The van der Waals surface area contributed by atoms with Gasteiger partial charge in [-0.1, -0.05) is 40.9 Å². The fourth-order valence-electron chi connectivity index (χ4n) is 2.13. The fourth-order valence-corrected chi connectivity index (χ4v) is 2.59. The Morgan fingerprint density at radius 1 is 1.12 bits per heavy atom. The lowest BCUT2D eigenvalue weighted by Gasteiger charge is -2.10.